The lowest BCUT2D eigenvalue weighted by molar-refractivity contribution is -0.118. The lowest BCUT2D eigenvalue weighted by Crippen LogP contribution is -2.26. The summed E-state index contributed by atoms with van der Waals surface area (Å²) in [6.07, 6.45) is 4.11. The molecule has 5 nitrogen and oxygen atoms in total. The number of ether oxygens (including phenoxy) is 1. The first-order chi connectivity index (χ1) is 11.6. The van der Waals surface area contributed by atoms with Gasteiger partial charge in [-0.25, -0.2) is 4.98 Å². The molecule has 0 radical (unpaired) electrons. The van der Waals surface area contributed by atoms with Crippen molar-refractivity contribution in [1.29, 1.82) is 0 Å². The molecule has 1 aliphatic heterocycles. The normalized spacial score (nSPS) is 15.2. The van der Waals surface area contributed by atoms with E-state index in [-0.39, 0.29) is 12.5 Å². The van der Waals surface area contributed by atoms with Gasteiger partial charge in [0.05, 0.1) is 0 Å². The van der Waals surface area contributed by atoms with E-state index < -0.39 is 0 Å². The number of aromatic nitrogens is 1. The number of thiazole rings is 1. The van der Waals surface area contributed by atoms with Gasteiger partial charge in [0.1, 0.15) is 5.75 Å². The van der Waals surface area contributed by atoms with Crippen molar-refractivity contribution in [1.82, 2.24) is 10.3 Å². The average Bonchev–Trinajstić information content (AvgIpc) is 3.05. The standard InChI is InChI=1S/C17H20ClN3O2S/c1-11-8-13(2-3-14(11)18)23-10-16(22)21-17-20-9-15(24-17)12-4-6-19-7-5-12/h2-3,8-9,12,19H,4-7,10H2,1H3,(H,20,21,22). The Hall–Kier alpha value is -1.63. The van der Waals surface area contributed by atoms with Crippen molar-refractivity contribution in [3.63, 3.8) is 0 Å². The Morgan fingerprint density at radius 2 is 2.25 bits per heavy atom. The highest BCUT2D eigenvalue weighted by molar-refractivity contribution is 7.15. The van der Waals surface area contributed by atoms with Crippen LogP contribution < -0.4 is 15.4 Å². The number of nitrogens with one attached hydrogen (secondary N) is 2. The lowest BCUT2D eigenvalue weighted by atomic mass is 9.97. The topological polar surface area (TPSA) is 63.2 Å². The zero-order valence-electron chi connectivity index (χ0n) is 13.5. The lowest BCUT2D eigenvalue weighted by Gasteiger charge is -2.20. The minimum Gasteiger partial charge on any atom is -0.484 e. The molecule has 1 fully saturated rings. The van der Waals surface area contributed by atoms with Crippen molar-refractivity contribution < 1.29 is 9.53 Å². The van der Waals surface area contributed by atoms with Crippen LogP contribution in [0.2, 0.25) is 5.02 Å². The molecule has 1 aliphatic rings. The molecule has 1 amide bonds. The van der Waals surface area contributed by atoms with Gasteiger partial charge in [0.2, 0.25) is 0 Å². The summed E-state index contributed by atoms with van der Waals surface area (Å²) in [6, 6.07) is 5.33. The van der Waals surface area contributed by atoms with Gasteiger partial charge in [0.25, 0.3) is 5.91 Å². The van der Waals surface area contributed by atoms with E-state index in [0.717, 1.165) is 31.5 Å². The quantitative estimate of drug-likeness (QED) is 0.849. The molecule has 0 spiro atoms. The third-order valence-electron chi connectivity index (χ3n) is 4.01. The fraction of sp³-hybridized carbons (Fsp3) is 0.412. The summed E-state index contributed by atoms with van der Waals surface area (Å²) in [6.45, 7) is 3.92. The van der Waals surface area contributed by atoms with Crippen molar-refractivity contribution >= 4 is 34.0 Å². The highest BCUT2D eigenvalue weighted by atomic mass is 35.5. The van der Waals surface area contributed by atoms with Gasteiger partial charge in [0.15, 0.2) is 11.7 Å². The number of piperidine rings is 1. The molecule has 0 bridgehead atoms. The van der Waals surface area contributed by atoms with E-state index in [2.05, 4.69) is 15.6 Å². The van der Waals surface area contributed by atoms with Gasteiger partial charge in [-0.15, -0.1) is 11.3 Å². The van der Waals surface area contributed by atoms with Gasteiger partial charge in [-0.3, -0.25) is 10.1 Å². The molecule has 2 N–H and O–H groups in total. The fourth-order valence-electron chi connectivity index (χ4n) is 2.65. The summed E-state index contributed by atoms with van der Waals surface area (Å²) < 4.78 is 5.50. The Kier molecular flexibility index (Phi) is 5.71. The fourth-order valence-corrected chi connectivity index (χ4v) is 3.77. The second-order valence-electron chi connectivity index (χ2n) is 5.84. The number of carbonyl (C=O) groups is 1. The second kappa shape index (κ2) is 7.96. The van der Waals surface area contributed by atoms with E-state index in [1.807, 2.05) is 19.2 Å². The number of amides is 1. The van der Waals surface area contributed by atoms with E-state index in [0.29, 0.717) is 21.8 Å². The summed E-state index contributed by atoms with van der Waals surface area (Å²) in [5.41, 5.74) is 0.918. The Labute approximate surface area is 150 Å². The Morgan fingerprint density at radius 3 is 3.00 bits per heavy atom. The molecule has 2 heterocycles. The molecule has 7 heteroatoms. The third kappa shape index (κ3) is 4.47. The average molecular weight is 366 g/mol. The molecule has 0 saturated carbocycles. The molecule has 1 aromatic carbocycles. The van der Waals surface area contributed by atoms with Gasteiger partial charge < -0.3 is 10.1 Å². The predicted octanol–water partition coefficient (Wildman–Crippen LogP) is 3.59. The van der Waals surface area contributed by atoms with Gasteiger partial charge in [-0.05, 0) is 62.5 Å². The molecule has 24 heavy (non-hydrogen) atoms. The summed E-state index contributed by atoms with van der Waals surface area (Å²) in [5.74, 6) is 0.957. The number of hydrogen-bond acceptors (Lipinski definition) is 5. The highest BCUT2D eigenvalue weighted by Crippen LogP contribution is 2.31. The van der Waals surface area contributed by atoms with Crippen molar-refractivity contribution in [3.05, 3.63) is 39.9 Å². The minimum absolute atomic E-state index is 0.0522. The number of rotatable bonds is 5. The molecule has 0 unspecified atom stereocenters. The maximum Gasteiger partial charge on any atom is 0.264 e. The van der Waals surface area contributed by atoms with Crippen LogP contribution in [0.3, 0.4) is 0 Å². The zero-order valence-corrected chi connectivity index (χ0v) is 15.0. The van der Waals surface area contributed by atoms with Gasteiger partial charge in [-0.1, -0.05) is 11.6 Å². The second-order valence-corrected chi connectivity index (χ2v) is 7.31. The van der Waals surface area contributed by atoms with E-state index in [9.17, 15) is 4.79 Å². The molecular formula is C17H20ClN3O2S. The van der Waals surface area contributed by atoms with Crippen molar-refractivity contribution in [2.75, 3.05) is 25.0 Å². The maximum absolute atomic E-state index is 12.0. The molecule has 1 aromatic heterocycles. The van der Waals surface area contributed by atoms with Crippen LogP contribution in [0.25, 0.3) is 0 Å². The smallest absolute Gasteiger partial charge is 0.264 e. The predicted molar refractivity (Wildman–Crippen MR) is 97.3 cm³/mol. The largest absolute Gasteiger partial charge is 0.484 e. The third-order valence-corrected chi connectivity index (χ3v) is 5.51. The SMILES string of the molecule is Cc1cc(OCC(=O)Nc2ncc(C3CCNCC3)s2)ccc1Cl. The summed E-state index contributed by atoms with van der Waals surface area (Å²) >= 11 is 7.52. The molecule has 0 atom stereocenters. The van der Waals surface area contributed by atoms with Crippen molar-refractivity contribution in [2.24, 2.45) is 0 Å². The first-order valence-electron chi connectivity index (χ1n) is 7.97. The van der Waals surface area contributed by atoms with Crippen LogP contribution in [-0.2, 0) is 4.79 Å². The monoisotopic (exact) mass is 365 g/mol. The first kappa shape index (κ1) is 17.2. The van der Waals surface area contributed by atoms with Crippen LogP contribution in [-0.4, -0.2) is 30.6 Å². The van der Waals surface area contributed by atoms with Crippen molar-refractivity contribution in [2.45, 2.75) is 25.7 Å². The molecule has 1 saturated heterocycles. The van der Waals surface area contributed by atoms with E-state index in [1.54, 1.807) is 23.5 Å². The van der Waals surface area contributed by atoms with Crippen LogP contribution in [0.1, 0.15) is 29.2 Å². The number of carbonyl (C=O) groups excluding carboxylic acids is 1. The van der Waals surface area contributed by atoms with Crippen molar-refractivity contribution in [3.8, 4) is 5.75 Å². The van der Waals surface area contributed by atoms with Crippen LogP contribution in [0, 0.1) is 6.92 Å². The van der Waals surface area contributed by atoms with Crippen LogP contribution in [0.5, 0.6) is 5.75 Å². The Morgan fingerprint density at radius 1 is 1.46 bits per heavy atom. The van der Waals surface area contributed by atoms with E-state index in [1.165, 1.54) is 4.88 Å². The highest BCUT2D eigenvalue weighted by Gasteiger charge is 2.18. The van der Waals surface area contributed by atoms with Gasteiger partial charge in [-0.2, -0.15) is 0 Å². The summed E-state index contributed by atoms with van der Waals surface area (Å²) in [7, 11) is 0. The number of anilines is 1. The maximum atomic E-state index is 12.0. The Bertz CT molecular complexity index is 714. The minimum atomic E-state index is -0.214. The first-order valence-corrected chi connectivity index (χ1v) is 9.16. The van der Waals surface area contributed by atoms with E-state index in [4.69, 9.17) is 16.3 Å². The number of hydrogen-bond donors (Lipinski definition) is 2. The summed E-state index contributed by atoms with van der Waals surface area (Å²) in [5, 5.41) is 7.46. The van der Waals surface area contributed by atoms with Gasteiger partial charge in [0, 0.05) is 16.1 Å². The van der Waals surface area contributed by atoms with Crippen LogP contribution in [0.15, 0.2) is 24.4 Å². The number of halogens is 1. The molecule has 0 aliphatic carbocycles. The van der Waals surface area contributed by atoms with Crippen LogP contribution >= 0.6 is 22.9 Å². The molecule has 2 aromatic rings. The van der Waals surface area contributed by atoms with E-state index >= 15 is 0 Å². The molecular weight excluding hydrogens is 346 g/mol. The summed E-state index contributed by atoms with van der Waals surface area (Å²) in [4.78, 5) is 17.6. The van der Waals surface area contributed by atoms with Crippen LogP contribution in [0.4, 0.5) is 5.13 Å². The Balaban J connectivity index is 1.51. The molecule has 3 rings (SSSR count). The van der Waals surface area contributed by atoms with Gasteiger partial charge >= 0.3 is 0 Å². The zero-order chi connectivity index (χ0) is 16.9. The molecule has 128 valence electrons. The number of aryl methyl sites for hydroxylation is 1. The number of benzene rings is 1. The number of nitrogens with zero attached hydrogens (tertiary/aromatic N) is 1.